The highest BCUT2D eigenvalue weighted by Crippen LogP contribution is 2.51. The Morgan fingerprint density at radius 1 is 0.600 bits per heavy atom. The average molecular weight is 504 g/mol. The Labute approximate surface area is 201 Å². The first-order valence-electron chi connectivity index (χ1n) is 10.1. The lowest BCUT2D eigenvalue weighted by molar-refractivity contribution is -0.135. The van der Waals surface area contributed by atoms with Crippen molar-refractivity contribution in [1.29, 1.82) is 0 Å². The van der Waals surface area contributed by atoms with E-state index >= 15 is 0 Å². The van der Waals surface area contributed by atoms with Gasteiger partial charge in [-0.15, -0.1) is 0 Å². The molecular formula is C23H20O11S. The van der Waals surface area contributed by atoms with Gasteiger partial charge in [-0.1, -0.05) is 6.07 Å². The molecule has 0 amide bonds. The van der Waals surface area contributed by atoms with E-state index in [-0.39, 0.29) is 33.5 Å². The molecule has 0 bridgehead atoms. The summed E-state index contributed by atoms with van der Waals surface area (Å²) >= 11 is 0. The number of fused-ring (bicyclic) bond motifs is 2. The molecule has 1 heterocycles. The topological polar surface area (TPSA) is 149 Å². The fraction of sp³-hybridized carbons (Fsp3) is 0.261. The fourth-order valence-electron chi connectivity index (χ4n) is 3.40. The van der Waals surface area contributed by atoms with E-state index in [2.05, 4.69) is 0 Å². The van der Waals surface area contributed by atoms with E-state index in [1.165, 1.54) is 18.2 Å². The summed E-state index contributed by atoms with van der Waals surface area (Å²) < 4.78 is 39.8. The van der Waals surface area contributed by atoms with E-state index in [9.17, 15) is 28.2 Å². The van der Waals surface area contributed by atoms with Crippen molar-refractivity contribution in [2.75, 3.05) is 0 Å². The van der Waals surface area contributed by atoms with E-state index in [1.807, 2.05) is 0 Å². The van der Waals surface area contributed by atoms with Gasteiger partial charge in [0.2, 0.25) is 5.75 Å². The van der Waals surface area contributed by atoms with Gasteiger partial charge in [0.25, 0.3) is 0 Å². The van der Waals surface area contributed by atoms with Gasteiger partial charge in [-0.2, -0.15) is 0 Å². The SMILES string of the molecule is CC(=O)Oc1cc2c(c(OC(C)=O)c1OC(C)=O)S(=O)c1c(ccc(OC(C)=O)c1OC(C)=O)C2. The molecule has 1 aliphatic heterocycles. The van der Waals surface area contributed by atoms with Gasteiger partial charge in [0, 0.05) is 41.0 Å². The second-order valence-corrected chi connectivity index (χ2v) is 8.67. The molecule has 0 spiro atoms. The molecule has 0 aliphatic carbocycles. The van der Waals surface area contributed by atoms with Gasteiger partial charge in [0.1, 0.15) is 0 Å². The predicted molar refractivity (Wildman–Crippen MR) is 117 cm³/mol. The van der Waals surface area contributed by atoms with E-state index < -0.39 is 52.1 Å². The molecule has 184 valence electrons. The van der Waals surface area contributed by atoms with Crippen molar-refractivity contribution < 1.29 is 51.9 Å². The van der Waals surface area contributed by atoms with Gasteiger partial charge in [-0.05, 0) is 23.3 Å². The molecule has 2 aromatic carbocycles. The fourth-order valence-corrected chi connectivity index (χ4v) is 4.97. The second-order valence-electron chi connectivity index (χ2n) is 7.32. The van der Waals surface area contributed by atoms with E-state index in [0.29, 0.717) is 11.1 Å². The molecule has 11 nitrogen and oxygen atoms in total. The number of hydrogen-bond acceptors (Lipinski definition) is 11. The van der Waals surface area contributed by atoms with E-state index in [0.717, 1.165) is 34.6 Å². The zero-order valence-electron chi connectivity index (χ0n) is 19.3. The maximum atomic E-state index is 13.9. The minimum absolute atomic E-state index is 0.00568. The number of carbonyl (C=O) groups is 5. The van der Waals surface area contributed by atoms with Gasteiger partial charge in [0.05, 0.1) is 20.6 Å². The van der Waals surface area contributed by atoms with Crippen molar-refractivity contribution in [2.24, 2.45) is 0 Å². The lowest BCUT2D eigenvalue weighted by Gasteiger charge is -2.25. The van der Waals surface area contributed by atoms with Crippen molar-refractivity contribution >= 4 is 40.6 Å². The van der Waals surface area contributed by atoms with E-state index in [4.69, 9.17) is 23.7 Å². The Hall–Kier alpha value is -4.06. The molecule has 35 heavy (non-hydrogen) atoms. The molecule has 0 aromatic heterocycles. The largest absolute Gasteiger partial charge is 0.423 e. The van der Waals surface area contributed by atoms with Crippen molar-refractivity contribution in [3.8, 4) is 28.7 Å². The molecule has 1 aliphatic rings. The van der Waals surface area contributed by atoms with Crippen LogP contribution in [-0.4, -0.2) is 34.1 Å². The van der Waals surface area contributed by atoms with Crippen molar-refractivity contribution in [3.63, 3.8) is 0 Å². The summed E-state index contributed by atoms with van der Waals surface area (Å²) in [6.07, 6.45) is 0.0634. The number of esters is 5. The Morgan fingerprint density at radius 3 is 1.60 bits per heavy atom. The molecule has 1 unspecified atom stereocenters. The van der Waals surface area contributed by atoms with Crippen LogP contribution in [0.2, 0.25) is 0 Å². The molecule has 0 fully saturated rings. The minimum Gasteiger partial charge on any atom is -0.423 e. The molecule has 12 heteroatoms. The number of hydrogen-bond donors (Lipinski definition) is 0. The Bertz CT molecular complexity index is 1310. The molecule has 0 radical (unpaired) electrons. The molecule has 3 rings (SSSR count). The standard InChI is InChI=1S/C23H20O11S/c1-10(24)30-17-7-6-15-8-16-9-18(31-11(2)25)19(32-12(3)26)21(34-14(5)28)23(16)35(29)22(15)20(17)33-13(4)27/h6-7,9H,8H2,1-5H3. The zero-order chi connectivity index (χ0) is 26.0. The maximum absolute atomic E-state index is 13.9. The van der Waals surface area contributed by atoms with Crippen LogP contribution in [-0.2, 0) is 41.2 Å². The highest BCUT2D eigenvalue weighted by atomic mass is 32.2. The minimum atomic E-state index is -2.19. The quantitative estimate of drug-likeness (QED) is 0.372. The van der Waals surface area contributed by atoms with Crippen LogP contribution in [0.15, 0.2) is 28.0 Å². The third-order valence-electron chi connectivity index (χ3n) is 4.39. The highest BCUT2D eigenvalue weighted by Gasteiger charge is 2.36. The normalized spacial score (nSPS) is 13.6. The third kappa shape index (κ3) is 5.54. The monoisotopic (exact) mass is 504 g/mol. The van der Waals surface area contributed by atoms with Gasteiger partial charge >= 0.3 is 29.8 Å². The summed E-state index contributed by atoms with van der Waals surface area (Å²) in [6.45, 7) is 5.53. The number of carbonyl (C=O) groups excluding carboxylic acids is 5. The summed E-state index contributed by atoms with van der Waals surface area (Å²) in [5, 5.41) is 0. The first-order valence-corrected chi connectivity index (χ1v) is 11.2. The first-order chi connectivity index (χ1) is 16.4. The van der Waals surface area contributed by atoms with Crippen LogP contribution in [0.4, 0.5) is 0 Å². The van der Waals surface area contributed by atoms with Gasteiger partial charge < -0.3 is 23.7 Å². The van der Waals surface area contributed by atoms with Crippen molar-refractivity contribution in [1.82, 2.24) is 0 Å². The Balaban J connectivity index is 2.35. The Kier molecular flexibility index (Phi) is 7.34. The molecule has 1 atom stereocenters. The van der Waals surface area contributed by atoms with Gasteiger partial charge in [-0.3, -0.25) is 24.0 Å². The zero-order valence-corrected chi connectivity index (χ0v) is 20.2. The Morgan fingerprint density at radius 2 is 1.06 bits per heavy atom. The summed E-state index contributed by atoms with van der Waals surface area (Å²) in [5.41, 5.74) is 0.763. The van der Waals surface area contributed by atoms with Crippen LogP contribution >= 0.6 is 0 Å². The molecular weight excluding hydrogens is 484 g/mol. The average Bonchev–Trinajstić information content (AvgIpc) is 2.70. The van der Waals surface area contributed by atoms with Crippen molar-refractivity contribution in [3.05, 3.63) is 29.3 Å². The van der Waals surface area contributed by atoms with E-state index in [1.54, 1.807) is 0 Å². The third-order valence-corrected chi connectivity index (χ3v) is 6.02. The number of rotatable bonds is 5. The summed E-state index contributed by atoms with van der Waals surface area (Å²) in [4.78, 5) is 58.6. The molecule has 0 saturated heterocycles. The van der Waals surface area contributed by atoms with Crippen LogP contribution < -0.4 is 23.7 Å². The highest BCUT2D eigenvalue weighted by molar-refractivity contribution is 7.85. The summed E-state index contributed by atoms with van der Waals surface area (Å²) in [5.74, 6) is -5.32. The second kappa shape index (κ2) is 10.1. The molecule has 2 aromatic rings. The summed E-state index contributed by atoms with van der Waals surface area (Å²) in [7, 11) is -2.19. The molecule has 0 saturated carbocycles. The molecule has 0 N–H and O–H groups in total. The summed E-state index contributed by atoms with van der Waals surface area (Å²) in [6, 6.07) is 4.25. The van der Waals surface area contributed by atoms with Crippen LogP contribution in [0.3, 0.4) is 0 Å². The lowest BCUT2D eigenvalue weighted by atomic mass is 10.0. The lowest BCUT2D eigenvalue weighted by Crippen LogP contribution is -2.18. The number of benzene rings is 2. The predicted octanol–water partition coefficient (Wildman–Crippen LogP) is 2.38. The van der Waals surface area contributed by atoms with Crippen LogP contribution in [0, 0.1) is 0 Å². The number of ether oxygens (including phenoxy) is 5. The first kappa shape index (κ1) is 25.6. The van der Waals surface area contributed by atoms with Gasteiger partial charge in [0.15, 0.2) is 23.0 Å². The smallest absolute Gasteiger partial charge is 0.308 e. The van der Waals surface area contributed by atoms with Crippen LogP contribution in [0.5, 0.6) is 28.7 Å². The maximum Gasteiger partial charge on any atom is 0.308 e. The van der Waals surface area contributed by atoms with Crippen LogP contribution in [0.25, 0.3) is 0 Å². The van der Waals surface area contributed by atoms with Crippen molar-refractivity contribution in [2.45, 2.75) is 50.8 Å². The van der Waals surface area contributed by atoms with Crippen LogP contribution in [0.1, 0.15) is 45.7 Å². The van der Waals surface area contributed by atoms with Gasteiger partial charge in [-0.25, -0.2) is 4.21 Å².